The van der Waals surface area contributed by atoms with E-state index in [0.717, 1.165) is 61.9 Å². The quantitative estimate of drug-likeness (QED) is 0.628. The first kappa shape index (κ1) is 20.5. The molecule has 2 fully saturated rings. The second kappa shape index (κ2) is 9.39. The van der Waals surface area contributed by atoms with Gasteiger partial charge in [-0.25, -0.2) is 4.98 Å². The molecule has 2 aromatic carbocycles. The van der Waals surface area contributed by atoms with Crippen molar-refractivity contribution in [3.05, 3.63) is 72.6 Å². The summed E-state index contributed by atoms with van der Waals surface area (Å²) in [6, 6.07) is 18.3. The topological polar surface area (TPSA) is 52.6 Å². The highest BCUT2D eigenvalue weighted by Gasteiger charge is 2.23. The van der Waals surface area contributed by atoms with E-state index in [0.29, 0.717) is 0 Å². The van der Waals surface area contributed by atoms with Crippen LogP contribution in [0.5, 0.6) is 0 Å². The minimum atomic E-state index is 0.0969. The number of piperazine rings is 1. The van der Waals surface area contributed by atoms with Gasteiger partial charge in [0.25, 0.3) is 5.91 Å². The molecule has 0 atom stereocenters. The molecule has 1 amide bonds. The van der Waals surface area contributed by atoms with Crippen molar-refractivity contribution in [3.63, 3.8) is 0 Å². The maximum absolute atomic E-state index is 13.1. The molecule has 3 heterocycles. The van der Waals surface area contributed by atoms with Gasteiger partial charge in [0.05, 0.1) is 0 Å². The molecule has 2 aliphatic rings. The Balaban J connectivity index is 1.27. The number of hydrogen-bond donors (Lipinski definition) is 0. The number of aromatic nitrogens is 2. The highest BCUT2D eigenvalue weighted by molar-refractivity contribution is 5.95. The zero-order valence-electron chi connectivity index (χ0n) is 18.4. The zero-order valence-corrected chi connectivity index (χ0v) is 18.4. The van der Waals surface area contributed by atoms with Crippen LogP contribution in [0, 0.1) is 0 Å². The van der Waals surface area contributed by atoms with Crippen molar-refractivity contribution < 1.29 is 4.79 Å². The molecule has 6 heteroatoms. The number of nitrogens with zero attached hydrogens (tertiary/aromatic N) is 5. The highest BCUT2D eigenvalue weighted by Crippen LogP contribution is 2.29. The van der Waals surface area contributed by atoms with Gasteiger partial charge in [-0.1, -0.05) is 30.3 Å². The third kappa shape index (κ3) is 4.31. The third-order valence-corrected chi connectivity index (χ3v) is 6.43. The molecule has 0 N–H and O–H groups in total. The van der Waals surface area contributed by atoms with Crippen LogP contribution in [-0.4, -0.2) is 60.0 Å². The average Bonchev–Trinajstić information content (AvgIpc) is 2.89. The maximum atomic E-state index is 13.1. The average molecular weight is 428 g/mol. The molecule has 32 heavy (non-hydrogen) atoms. The van der Waals surface area contributed by atoms with Gasteiger partial charge in [0, 0.05) is 68.5 Å². The third-order valence-electron chi connectivity index (χ3n) is 6.43. The molecule has 0 aliphatic carbocycles. The van der Waals surface area contributed by atoms with Crippen LogP contribution >= 0.6 is 0 Å². The minimum absolute atomic E-state index is 0.0969. The molecule has 0 saturated carbocycles. The molecule has 6 nitrogen and oxygen atoms in total. The minimum Gasteiger partial charge on any atom is -0.368 e. The first-order valence-corrected chi connectivity index (χ1v) is 11.6. The summed E-state index contributed by atoms with van der Waals surface area (Å²) < 4.78 is 0. The second-order valence-electron chi connectivity index (χ2n) is 8.47. The summed E-state index contributed by atoms with van der Waals surface area (Å²) in [5.41, 5.74) is 3.84. The molecule has 0 spiro atoms. The zero-order chi connectivity index (χ0) is 21.8. The molecule has 3 aromatic rings. The number of carbonyl (C=O) groups is 1. The Hall–Kier alpha value is -3.41. The fraction of sp³-hybridized carbons (Fsp3) is 0.346. The van der Waals surface area contributed by atoms with Crippen molar-refractivity contribution in [1.82, 2.24) is 14.9 Å². The van der Waals surface area contributed by atoms with E-state index in [1.165, 1.54) is 24.9 Å². The van der Waals surface area contributed by atoms with E-state index in [9.17, 15) is 4.79 Å². The number of para-hydroxylation sites is 1. The lowest BCUT2D eigenvalue weighted by Gasteiger charge is -2.36. The fourth-order valence-electron chi connectivity index (χ4n) is 4.63. The van der Waals surface area contributed by atoms with Crippen molar-refractivity contribution in [1.29, 1.82) is 0 Å². The summed E-state index contributed by atoms with van der Waals surface area (Å²) >= 11 is 0. The molecule has 0 unspecified atom stereocenters. The van der Waals surface area contributed by atoms with Crippen molar-refractivity contribution in [2.24, 2.45) is 0 Å². The molecular formula is C26H29N5O. The van der Waals surface area contributed by atoms with Crippen LogP contribution in [0.3, 0.4) is 0 Å². The Morgan fingerprint density at radius 1 is 0.688 bits per heavy atom. The van der Waals surface area contributed by atoms with Crippen LogP contribution in [0.2, 0.25) is 0 Å². The van der Waals surface area contributed by atoms with Crippen molar-refractivity contribution in [3.8, 4) is 11.3 Å². The number of piperidine rings is 1. The number of amides is 1. The van der Waals surface area contributed by atoms with E-state index in [-0.39, 0.29) is 5.91 Å². The summed E-state index contributed by atoms with van der Waals surface area (Å²) in [4.78, 5) is 28.9. The lowest BCUT2D eigenvalue weighted by molar-refractivity contribution is 0.0747. The van der Waals surface area contributed by atoms with Gasteiger partial charge in [0.2, 0.25) is 0 Å². The van der Waals surface area contributed by atoms with Gasteiger partial charge in [-0.3, -0.25) is 9.78 Å². The first-order valence-electron chi connectivity index (χ1n) is 11.6. The van der Waals surface area contributed by atoms with Crippen LogP contribution in [0.15, 0.2) is 67.0 Å². The van der Waals surface area contributed by atoms with Gasteiger partial charge >= 0.3 is 0 Å². The second-order valence-corrected chi connectivity index (χ2v) is 8.47. The van der Waals surface area contributed by atoms with Crippen LogP contribution in [0.4, 0.5) is 11.5 Å². The standard InChI is InChI=1S/C26H29N5O/c32-26(31-19-17-29(18-20-31)23-7-3-1-4-8-23)22-11-9-21(10-12-22)24-25(28-14-13-27-24)30-15-5-2-6-16-30/h1,3-4,7-14H,2,5-6,15-20H2. The Morgan fingerprint density at radius 2 is 1.38 bits per heavy atom. The Labute approximate surface area is 189 Å². The Kier molecular flexibility index (Phi) is 6.01. The van der Waals surface area contributed by atoms with Crippen molar-refractivity contribution >= 4 is 17.4 Å². The van der Waals surface area contributed by atoms with Crippen molar-refractivity contribution in [2.75, 3.05) is 49.1 Å². The van der Waals surface area contributed by atoms with Crippen LogP contribution in [0.1, 0.15) is 29.6 Å². The van der Waals surface area contributed by atoms with Gasteiger partial charge in [0.1, 0.15) is 5.69 Å². The van der Waals surface area contributed by atoms with Crippen LogP contribution in [-0.2, 0) is 0 Å². The van der Waals surface area contributed by atoms with Gasteiger partial charge in [0.15, 0.2) is 5.82 Å². The summed E-state index contributed by atoms with van der Waals surface area (Å²) in [5, 5.41) is 0. The van der Waals surface area contributed by atoms with Gasteiger partial charge in [-0.05, 0) is 43.5 Å². The van der Waals surface area contributed by atoms with E-state index in [1.807, 2.05) is 35.2 Å². The molecular weight excluding hydrogens is 398 g/mol. The number of anilines is 2. The summed E-state index contributed by atoms with van der Waals surface area (Å²) in [5.74, 6) is 1.04. The number of rotatable bonds is 4. The van der Waals surface area contributed by atoms with E-state index in [4.69, 9.17) is 0 Å². The maximum Gasteiger partial charge on any atom is 0.253 e. The molecule has 2 aliphatic heterocycles. The van der Waals surface area contributed by atoms with Crippen LogP contribution in [0.25, 0.3) is 11.3 Å². The van der Waals surface area contributed by atoms with Gasteiger partial charge < -0.3 is 14.7 Å². The molecule has 0 bridgehead atoms. The summed E-state index contributed by atoms with van der Waals surface area (Å²) in [6.07, 6.45) is 7.18. The first-order chi connectivity index (χ1) is 15.8. The Morgan fingerprint density at radius 3 is 2.09 bits per heavy atom. The monoisotopic (exact) mass is 427 g/mol. The molecule has 164 valence electrons. The van der Waals surface area contributed by atoms with E-state index in [1.54, 1.807) is 12.4 Å². The lowest BCUT2D eigenvalue weighted by Crippen LogP contribution is -2.48. The molecule has 1 aromatic heterocycles. The van der Waals surface area contributed by atoms with E-state index < -0.39 is 0 Å². The van der Waals surface area contributed by atoms with Gasteiger partial charge in [-0.15, -0.1) is 0 Å². The largest absolute Gasteiger partial charge is 0.368 e. The van der Waals surface area contributed by atoms with Gasteiger partial charge in [-0.2, -0.15) is 0 Å². The molecule has 5 rings (SSSR count). The number of hydrogen-bond acceptors (Lipinski definition) is 5. The van der Waals surface area contributed by atoms with Crippen LogP contribution < -0.4 is 9.80 Å². The normalized spacial score (nSPS) is 16.8. The predicted octanol–water partition coefficient (Wildman–Crippen LogP) is 4.10. The fourth-order valence-corrected chi connectivity index (χ4v) is 4.63. The number of benzene rings is 2. The smallest absolute Gasteiger partial charge is 0.253 e. The van der Waals surface area contributed by atoms with Crippen molar-refractivity contribution in [2.45, 2.75) is 19.3 Å². The highest BCUT2D eigenvalue weighted by atomic mass is 16.2. The number of carbonyl (C=O) groups excluding carboxylic acids is 1. The predicted molar refractivity (Wildman–Crippen MR) is 128 cm³/mol. The summed E-state index contributed by atoms with van der Waals surface area (Å²) in [7, 11) is 0. The summed E-state index contributed by atoms with van der Waals surface area (Å²) in [6.45, 7) is 5.23. The SMILES string of the molecule is O=C(c1ccc(-c2nccnc2N2CCCCC2)cc1)N1CCN(c2ccccc2)CC1. The lowest BCUT2D eigenvalue weighted by atomic mass is 10.1. The Bertz CT molecular complexity index is 1040. The molecule has 0 radical (unpaired) electrons. The molecule has 2 saturated heterocycles. The van der Waals surface area contributed by atoms with E-state index in [2.05, 4.69) is 44.0 Å². The van der Waals surface area contributed by atoms with E-state index >= 15 is 0 Å².